The van der Waals surface area contributed by atoms with Crippen LogP contribution >= 0.6 is 0 Å². The number of para-hydroxylation sites is 2. The molecule has 152 valence electrons. The first-order valence-corrected chi connectivity index (χ1v) is 10.6. The normalized spacial score (nSPS) is 10.4. The van der Waals surface area contributed by atoms with Crippen LogP contribution < -0.4 is 10.6 Å². The molecule has 0 bridgehead atoms. The first-order valence-electron chi connectivity index (χ1n) is 8.96. The van der Waals surface area contributed by atoms with E-state index in [4.69, 9.17) is 4.55 Å². The smallest absolute Gasteiger partial charge is 0.264 e. The lowest BCUT2D eigenvalue weighted by molar-refractivity contribution is -0.116. The fourth-order valence-electron chi connectivity index (χ4n) is 2.26. The van der Waals surface area contributed by atoms with E-state index in [-0.39, 0.29) is 11.7 Å². The van der Waals surface area contributed by atoms with E-state index >= 15 is 0 Å². The van der Waals surface area contributed by atoms with Crippen molar-refractivity contribution in [1.82, 2.24) is 5.32 Å². The molecule has 2 aromatic rings. The first kappa shape index (κ1) is 23.4. The SMILES string of the molecule is C=CC(=O)NCCCCS(=O)(=O)O.Cc1ccccc1Nc1ccccc1C. The Morgan fingerprint density at radius 3 is 1.93 bits per heavy atom. The van der Waals surface area contributed by atoms with E-state index in [1.54, 1.807) is 0 Å². The minimum Gasteiger partial charge on any atom is -0.355 e. The van der Waals surface area contributed by atoms with Crippen LogP contribution in [0.25, 0.3) is 0 Å². The number of rotatable bonds is 8. The third-order valence-corrected chi connectivity index (χ3v) is 4.68. The van der Waals surface area contributed by atoms with Crippen LogP contribution in [0, 0.1) is 13.8 Å². The van der Waals surface area contributed by atoms with Gasteiger partial charge in [0.05, 0.1) is 5.75 Å². The molecule has 0 heterocycles. The summed E-state index contributed by atoms with van der Waals surface area (Å²) in [5.41, 5.74) is 4.88. The van der Waals surface area contributed by atoms with E-state index in [2.05, 4.69) is 67.5 Å². The standard InChI is InChI=1S/C14H15N.C7H13NO4S/c1-11-7-3-5-9-13(11)15-14-10-6-4-8-12(14)2;1-2-7(9)8-5-3-4-6-13(10,11)12/h3-10,15H,1-2H3;2H,1,3-6H2,(H,8,9)(H,10,11,12). The van der Waals surface area contributed by atoms with Crippen molar-refractivity contribution in [3.63, 3.8) is 0 Å². The number of carbonyl (C=O) groups excluding carboxylic acids is 1. The van der Waals surface area contributed by atoms with Crippen LogP contribution in [0.5, 0.6) is 0 Å². The molecular weight excluding hydrogens is 376 g/mol. The second-order valence-corrected chi connectivity index (χ2v) is 7.82. The number of carbonyl (C=O) groups is 1. The molecule has 0 aromatic heterocycles. The van der Waals surface area contributed by atoms with Gasteiger partial charge >= 0.3 is 0 Å². The molecule has 28 heavy (non-hydrogen) atoms. The number of amides is 1. The summed E-state index contributed by atoms with van der Waals surface area (Å²) in [4.78, 5) is 10.6. The van der Waals surface area contributed by atoms with E-state index < -0.39 is 10.1 Å². The highest BCUT2D eigenvalue weighted by Gasteiger charge is 2.03. The van der Waals surface area contributed by atoms with Gasteiger partial charge in [-0.05, 0) is 56.0 Å². The largest absolute Gasteiger partial charge is 0.355 e. The van der Waals surface area contributed by atoms with Gasteiger partial charge in [0.25, 0.3) is 10.1 Å². The highest BCUT2D eigenvalue weighted by atomic mass is 32.2. The van der Waals surface area contributed by atoms with Crippen LogP contribution in [0.4, 0.5) is 11.4 Å². The Hall–Kier alpha value is -2.64. The zero-order valence-corrected chi connectivity index (χ0v) is 17.1. The van der Waals surface area contributed by atoms with Gasteiger partial charge < -0.3 is 10.6 Å². The zero-order chi connectivity index (χ0) is 21.0. The van der Waals surface area contributed by atoms with Crippen LogP contribution in [-0.2, 0) is 14.9 Å². The molecule has 2 aromatic carbocycles. The summed E-state index contributed by atoms with van der Waals surface area (Å²) in [5.74, 6) is -0.552. The summed E-state index contributed by atoms with van der Waals surface area (Å²) in [6.07, 6.45) is 1.98. The van der Waals surface area contributed by atoms with Crippen molar-refractivity contribution in [2.45, 2.75) is 26.7 Å². The number of aryl methyl sites for hydroxylation is 2. The third kappa shape index (κ3) is 9.89. The molecule has 7 heteroatoms. The Labute approximate surface area is 167 Å². The predicted octanol–water partition coefficient (Wildman–Crippen LogP) is 4.00. The van der Waals surface area contributed by atoms with E-state index in [1.165, 1.54) is 22.5 Å². The molecule has 0 aliphatic rings. The molecule has 6 nitrogen and oxygen atoms in total. The zero-order valence-electron chi connectivity index (χ0n) is 16.3. The van der Waals surface area contributed by atoms with Gasteiger partial charge in [-0.3, -0.25) is 9.35 Å². The fraction of sp³-hybridized carbons (Fsp3) is 0.286. The molecule has 0 spiro atoms. The van der Waals surface area contributed by atoms with Crippen LogP contribution in [0.15, 0.2) is 61.2 Å². The molecular formula is C21H28N2O4S. The van der Waals surface area contributed by atoms with Crippen LogP contribution in [0.1, 0.15) is 24.0 Å². The van der Waals surface area contributed by atoms with Gasteiger partial charge in [-0.25, -0.2) is 0 Å². The molecule has 2 rings (SSSR count). The van der Waals surface area contributed by atoms with Crippen molar-refractivity contribution in [1.29, 1.82) is 0 Å². The molecule has 0 saturated carbocycles. The first-order chi connectivity index (χ1) is 13.2. The Balaban J connectivity index is 0.000000284. The summed E-state index contributed by atoms with van der Waals surface area (Å²) < 4.78 is 28.8. The van der Waals surface area contributed by atoms with Crippen molar-refractivity contribution < 1.29 is 17.8 Å². The maximum Gasteiger partial charge on any atom is 0.264 e. The lowest BCUT2D eigenvalue weighted by Gasteiger charge is -2.11. The number of unbranched alkanes of at least 4 members (excludes halogenated alkanes) is 1. The second kappa shape index (κ2) is 11.9. The average Bonchev–Trinajstić information content (AvgIpc) is 2.64. The summed E-state index contributed by atoms with van der Waals surface area (Å²) in [7, 11) is -3.86. The quantitative estimate of drug-likeness (QED) is 0.351. The second-order valence-electron chi connectivity index (χ2n) is 6.24. The minimum absolute atomic E-state index is 0.267. The number of nitrogens with one attached hydrogen (secondary N) is 2. The molecule has 0 aliphatic carbocycles. The molecule has 0 fully saturated rings. The minimum atomic E-state index is -3.86. The average molecular weight is 405 g/mol. The van der Waals surface area contributed by atoms with E-state index in [0.717, 1.165) is 6.08 Å². The fourth-order valence-corrected chi connectivity index (χ4v) is 2.83. The third-order valence-electron chi connectivity index (χ3n) is 3.87. The lowest BCUT2D eigenvalue weighted by Crippen LogP contribution is -2.22. The summed E-state index contributed by atoms with van der Waals surface area (Å²) in [6, 6.07) is 16.6. The van der Waals surface area contributed by atoms with Crippen molar-refractivity contribution in [3.05, 3.63) is 72.3 Å². The molecule has 0 aliphatic heterocycles. The van der Waals surface area contributed by atoms with Gasteiger partial charge in [0.1, 0.15) is 0 Å². The molecule has 1 amide bonds. The highest BCUT2D eigenvalue weighted by Crippen LogP contribution is 2.22. The molecule has 3 N–H and O–H groups in total. The highest BCUT2D eigenvalue weighted by molar-refractivity contribution is 7.85. The Bertz CT molecular complexity index is 836. The molecule has 0 radical (unpaired) electrons. The van der Waals surface area contributed by atoms with Crippen LogP contribution in [-0.4, -0.2) is 31.2 Å². The Morgan fingerprint density at radius 2 is 1.50 bits per heavy atom. The van der Waals surface area contributed by atoms with Crippen molar-refractivity contribution in [2.24, 2.45) is 0 Å². The predicted molar refractivity (Wildman–Crippen MR) is 114 cm³/mol. The molecule has 0 atom stereocenters. The van der Waals surface area contributed by atoms with E-state index in [9.17, 15) is 13.2 Å². The summed E-state index contributed by atoms with van der Waals surface area (Å²) >= 11 is 0. The van der Waals surface area contributed by atoms with E-state index in [1.807, 2.05) is 12.1 Å². The van der Waals surface area contributed by atoms with Gasteiger partial charge in [-0.1, -0.05) is 43.0 Å². The maximum absolute atomic E-state index is 10.6. The number of benzene rings is 2. The van der Waals surface area contributed by atoms with Gasteiger partial charge in [-0.2, -0.15) is 8.42 Å². The molecule has 0 unspecified atom stereocenters. The van der Waals surface area contributed by atoms with Crippen LogP contribution in [0.2, 0.25) is 0 Å². The topological polar surface area (TPSA) is 95.5 Å². The van der Waals surface area contributed by atoms with Crippen molar-refractivity contribution in [3.8, 4) is 0 Å². The van der Waals surface area contributed by atoms with E-state index in [0.29, 0.717) is 19.4 Å². The monoisotopic (exact) mass is 404 g/mol. The number of hydrogen-bond acceptors (Lipinski definition) is 4. The van der Waals surface area contributed by atoms with Gasteiger partial charge in [-0.15, -0.1) is 0 Å². The molecule has 0 saturated heterocycles. The Kier molecular flexibility index (Phi) is 9.98. The van der Waals surface area contributed by atoms with Crippen LogP contribution in [0.3, 0.4) is 0 Å². The van der Waals surface area contributed by atoms with Crippen molar-refractivity contribution >= 4 is 27.4 Å². The summed E-state index contributed by atoms with van der Waals surface area (Å²) in [6.45, 7) is 7.86. The van der Waals surface area contributed by atoms with Gasteiger partial charge in [0.2, 0.25) is 5.91 Å². The summed E-state index contributed by atoms with van der Waals surface area (Å²) in [5, 5.41) is 5.93. The van der Waals surface area contributed by atoms with Crippen molar-refractivity contribution in [2.75, 3.05) is 17.6 Å². The maximum atomic E-state index is 10.6. The van der Waals surface area contributed by atoms with Gasteiger partial charge in [0.15, 0.2) is 0 Å². The number of anilines is 2. The Morgan fingerprint density at radius 1 is 1.00 bits per heavy atom. The van der Waals surface area contributed by atoms with Gasteiger partial charge in [0, 0.05) is 17.9 Å². The lowest BCUT2D eigenvalue weighted by atomic mass is 10.1. The number of hydrogen-bond donors (Lipinski definition) is 3.